The lowest BCUT2D eigenvalue weighted by atomic mass is 9.73. The van der Waals surface area contributed by atoms with E-state index < -0.39 is 27.1 Å². The molecule has 0 radical (unpaired) electrons. The smallest absolute Gasteiger partial charge is 0.318 e. The molecule has 0 saturated heterocycles. The van der Waals surface area contributed by atoms with Crippen LogP contribution < -0.4 is 9.47 Å². The molecule has 11 nitrogen and oxygen atoms in total. The first-order chi connectivity index (χ1) is 18.2. The van der Waals surface area contributed by atoms with E-state index in [1.807, 2.05) is 0 Å². The number of methoxy groups -OCH3 is 1. The molecule has 0 saturated carbocycles. The number of nitro benzene ring substituents is 2. The number of non-ortho nitro benzene ring substituents is 1. The quantitative estimate of drug-likeness (QED) is 0.286. The fraction of sp³-hybridized carbons (Fsp3) is 0.308. The first-order valence-corrected chi connectivity index (χ1v) is 12.7. The summed E-state index contributed by atoms with van der Waals surface area (Å²) in [6, 6.07) is 6.38. The molecule has 0 amide bonds. The van der Waals surface area contributed by atoms with E-state index in [2.05, 4.69) is 15.9 Å². The number of rotatable bonds is 6. The lowest BCUT2D eigenvalue weighted by molar-refractivity contribution is -0.394. The van der Waals surface area contributed by atoms with Gasteiger partial charge < -0.3 is 14.2 Å². The molecule has 1 aliphatic heterocycles. The van der Waals surface area contributed by atoms with Crippen molar-refractivity contribution in [2.24, 2.45) is 0 Å². The molecule has 38 heavy (non-hydrogen) atoms. The number of carbonyl (C=O) groups is 2. The Labute approximate surface area is 224 Å². The highest BCUT2D eigenvalue weighted by Gasteiger charge is 2.42. The summed E-state index contributed by atoms with van der Waals surface area (Å²) in [7, 11) is 1.39. The van der Waals surface area contributed by atoms with Crippen LogP contribution in [0.5, 0.6) is 17.2 Å². The third-order valence-electron chi connectivity index (χ3n) is 6.79. The van der Waals surface area contributed by atoms with Crippen LogP contribution in [0.3, 0.4) is 0 Å². The molecule has 0 unspecified atom stereocenters. The summed E-state index contributed by atoms with van der Waals surface area (Å²) in [5, 5.41) is 22.7. The largest absolute Gasteiger partial charge is 0.493 e. The summed E-state index contributed by atoms with van der Waals surface area (Å²) in [4.78, 5) is 47.3. The average Bonchev–Trinajstić information content (AvgIpc) is 2.88. The van der Waals surface area contributed by atoms with Gasteiger partial charge in [-0.25, -0.2) is 0 Å². The van der Waals surface area contributed by atoms with Crippen molar-refractivity contribution in [3.63, 3.8) is 0 Å². The SMILES string of the molecule is COc1cc(C2C3=C(CCCC3=O)OC3=C2C(=O)CCC3)cc(Br)c1Oc1ccc([N+](=O)[O-])cc1[N+](=O)[O-]. The predicted octanol–water partition coefficient (Wildman–Crippen LogP) is 6.19. The normalized spacial score (nSPS) is 17.5. The zero-order chi connectivity index (χ0) is 27.1. The van der Waals surface area contributed by atoms with E-state index in [-0.39, 0.29) is 28.8 Å². The van der Waals surface area contributed by atoms with E-state index in [4.69, 9.17) is 14.2 Å². The van der Waals surface area contributed by atoms with Crippen molar-refractivity contribution >= 4 is 38.9 Å². The van der Waals surface area contributed by atoms with Crippen molar-refractivity contribution in [2.45, 2.75) is 44.4 Å². The van der Waals surface area contributed by atoms with E-state index in [1.165, 1.54) is 7.11 Å². The minimum Gasteiger partial charge on any atom is -0.493 e. The summed E-state index contributed by atoms with van der Waals surface area (Å²) < 4.78 is 17.8. The molecule has 2 aliphatic carbocycles. The Bertz CT molecular complexity index is 1440. The second kappa shape index (κ2) is 10.0. The number of benzene rings is 2. The van der Waals surface area contributed by atoms with Crippen LogP contribution >= 0.6 is 15.9 Å². The fourth-order valence-corrected chi connectivity index (χ4v) is 5.66. The molecule has 3 aliphatic rings. The summed E-state index contributed by atoms with van der Waals surface area (Å²) in [5.74, 6) is 0.461. The van der Waals surface area contributed by atoms with Crippen molar-refractivity contribution in [2.75, 3.05) is 7.11 Å². The summed E-state index contributed by atoms with van der Waals surface area (Å²) in [5.41, 5.74) is 0.505. The number of hydrogen-bond acceptors (Lipinski definition) is 9. The van der Waals surface area contributed by atoms with Gasteiger partial charge in [0.25, 0.3) is 5.69 Å². The van der Waals surface area contributed by atoms with E-state index in [0.717, 1.165) is 18.2 Å². The highest BCUT2D eigenvalue weighted by atomic mass is 79.9. The minimum atomic E-state index is -0.773. The zero-order valence-corrected chi connectivity index (χ0v) is 21.7. The third kappa shape index (κ3) is 4.44. The minimum absolute atomic E-state index is 0.0712. The van der Waals surface area contributed by atoms with Crippen molar-refractivity contribution in [3.05, 3.63) is 83.3 Å². The van der Waals surface area contributed by atoms with Gasteiger partial charge in [0.1, 0.15) is 11.5 Å². The van der Waals surface area contributed by atoms with E-state index >= 15 is 0 Å². The molecular weight excluding hydrogens is 564 g/mol. The Morgan fingerprint density at radius 3 is 2.08 bits per heavy atom. The van der Waals surface area contributed by atoms with Gasteiger partial charge in [0, 0.05) is 48.8 Å². The highest BCUT2D eigenvalue weighted by molar-refractivity contribution is 9.10. The average molecular weight is 585 g/mol. The Balaban J connectivity index is 1.62. The first-order valence-electron chi connectivity index (χ1n) is 11.9. The number of halogens is 1. The van der Waals surface area contributed by atoms with Gasteiger partial charge in [-0.05, 0) is 52.5 Å². The summed E-state index contributed by atoms with van der Waals surface area (Å²) >= 11 is 3.45. The lowest BCUT2D eigenvalue weighted by Crippen LogP contribution is -2.30. The van der Waals surface area contributed by atoms with Gasteiger partial charge in [-0.2, -0.15) is 0 Å². The molecule has 0 N–H and O–H groups in total. The second-order valence-corrected chi connectivity index (χ2v) is 9.92. The van der Waals surface area contributed by atoms with Crippen molar-refractivity contribution in [1.82, 2.24) is 0 Å². The Kier molecular flexibility index (Phi) is 6.74. The standard InChI is InChI=1S/C26H21BrN2O9/c1-36-22-11-13(10-15(27)26(22)38-19-9-8-14(28(32)33)12-16(19)29(34)35)23-24-17(30)4-2-6-20(24)37-21-7-3-5-18(31)25(21)23/h8-12,23H,2-7H2,1H3. The molecular formula is C26H21BrN2O9. The number of hydrogen-bond donors (Lipinski definition) is 0. The molecule has 0 aromatic heterocycles. The van der Waals surface area contributed by atoms with Crippen LogP contribution in [0.1, 0.15) is 50.0 Å². The van der Waals surface area contributed by atoms with Gasteiger partial charge in [-0.15, -0.1) is 0 Å². The number of ketones is 2. The highest BCUT2D eigenvalue weighted by Crippen LogP contribution is 2.51. The van der Waals surface area contributed by atoms with Gasteiger partial charge >= 0.3 is 5.69 Å². The van der Waals surface area contributed by atoms with Crippen molar-refractivity contribution in [3.8, 4) is 17.2 Å². The molecule has 12 heteroatoms. The Hall–Kier alpha value is -4.06. The van der Waals surface area contributed by atoms with Crippen LogP contribution in [0, 0.1) is 20.2 Å². The molecule has 0 fully saturated rings. The Morgan fingerprint density at radius 2 is 1.53 bits per heavy atom. The van der Waals surface area contributed by atoms with Crippen molar-refractivity contribution in [1.29, 1.82) is 0 Å². The predicted molar refractivity (Wildman–Crippen MR) is 136 cm³/mol. The monoisotopic (exact) mass is 584 g/mol. The first kappa shape index (κ1) is 25.6. The number of nitrogens with zero attached hydrogens (tertiary/aromatic N) is 2. The number of Topliss-reactive ketones (excluding diaryl/α,β-unsaturated/α-hetero) is 2. The number of allylic oxidation sites excluding steroid dienone is 4. The Morgan fingerprint density at radius 1 is 0.895 bits per heavy atom. The van der Waals surface area contributed by atoms with E-state index in [1.54, 1.807) is 12.1 Å². The molecule has 0 bridgehead atoms. The van der Waals surface area contributed by atoms with Crippen LogP contribution in [0.25, 0.3) is 0 Å². The molecule has 196 valence electrons. The van der Waals surface area contributed by atoms with Gasteiger partial charge in [-0.1, -0.05) is 0 Å². The maximum absolute atomic E-state index is 13.1. The maximum Gasteiger partial charge on any atom is 0.318 e. The molecule has 1 heterocycles. The third-order valence-corrected chi connectivity index (χ3v) is 7.38. The number of ether oxygens (including phenoxy) is 3. The summed E-state index contributed by atoms with van der Waals surface area (Å²) in [6.07, 6.45) is 3.28. The van der Waals surface area contributed by atoms with Crippen LogP contribution in [-0.4, -0.2) is 28.5 Å². The van der Waals surface area contributed by atoms with Crippen LogP contribution in [0.2, 0.25) is 0 Å². The topological polar surface area (TPSA) is 148 Å². The maximum atomic E-state index is 13.1. The number of carbonyl (C=O) groups excluding carboxylic acids is 2. The van der Waals surface area contributed by atoms with E-state index in [9.17, 15) is 29.8 Å². The van der Waals surface area contributed by atoms with E-state index in [0.29, 0.717) is 71.2 Å². The molecule has 5 rings (SSSR count). The molecule has 0 spiro atoms. The van der Waals surface area contributed by atoms with Crippen molar-refractivity contribution < 1.29 is 33.6 Å². The van der Waals surface area contributed by atoms with Crippen LogP contribution in [0.15, 0.2) is 57.5 Å². The molecule has 0 atom stereocenters. The summed E-state index contributed by atoms with van der Waals surface area (Å²) in [6.45, 7) is 0. The molecule has 2 aromatic rings. The van der Waals surface area contributed by atoms with Gasteiger partial charge in [0.05, 0.1) is 27.5 Å². The second-order valence-electron chi connectivity index (χ2n) is 9.06. The fourth-order valence-electron chi connectivity index (χ4n) is 5.11. The number of nitro groups is 2. The van der Waals surface area contributed by atoms with Gasteiger partial charge in [-0.3, -0.25) is 29.8 Å². The van der Waals surface area contributed by atoms with Crippen LogP contribution in [0.4, 0.5) is 11.4 Å². The molecule has 2 aromatic carbocycles. The van der Waals surface area contributed by atoms with Gasteiger partial charge in [0.15, 0.2) is 23.1 Å². The zero-order valence-electron chi connectivity index (χ0n) is 20.2. The lowest BCUT2D eigenvalue weighted by Gasteiger charge is -2.36. The van der Waals surface area contributed by atoms with Crippen LogP contribution in [-0.2, 0) is 14.3 Å². The van der Waals surface area contributed by atoms with Gasteiger partial charge in [0.2, 0.25) is 5.75 Å².